The monoisotopic (exact) mass is 814 g/mol. The summed E-state index contributed by atoms with van der Waals surface area (Å²) in [7, 11) is -2.29. The highest BCUT2D eigenvalue weighted by molar-refractivity contribution is 6.90. The molecular formula is C45H57F3N6O3Si. The van der Waals surface area contributed by atoms with Crippen molar-refractivity contribution in [2.45, 2.75) is 120 Å². The first kappa shape index (κ1) is 40.8. The molecule has 2 N–H and O–H groups in total. The van der Waals surface area contributed by atoms with Crippen LogP contribution in [0.1, 0.15) is 86.1 Å². The number of pyridine rings is 1. The summed E-state index contributed by atoms with van der Waals surface area (Å²) in [4.78, 5) is 18.7. The molecule has 4 fully saturated rings. The Morgan fingerprint density at radius 1 is 1.03 bits per heavy atom. The van der Waals surface area contributed by atoms with Crippen LogP contribution in [0.25, 0.3) is 32.9 Å². The summed E-state index contributed by atoms with van der Waals surface area (Å²) >= 11 is 0. The average molecular weight is 815 g/mol. The van der Waals surface area contributed by atoms with Gasteiger partial charge in [0.15, 0.2) is 5.82 Å². The van der Waals surface area contributed by atoms with Gasteiger partial charge < -0.3 is 24.8 Å². The van der Waals surface area contributed by atoms with Crippen LogP contribution in [0.4, 0.5) is 19.0 Å². The average Bonchev–Trinajstić information content (AvgIpc) is 3.81. The van der Waals surface area contributed by atoms with Crippen molar-refractivity contribution in [2.24, 2.45) is 0 Å². The van der Waals surface area contributed by atoms with E-state index in [2.05, 4.69) is 68.1 Å². The number of anilines is 1. The Morgan fingerprint density at radius 2 is 1.81 bits per heavy atom. The molecule has 0 spiro atoms. The molecule has 0 amide bonds. The zero-order chi connectivity index (χ0) is 41.1. The molecule has 9 nitrogen and oxygen atoms in total. The number of phenolic OH excluding ortho intramolecular Hbond substituents is 1. The molecule has 2 bridgehead atoms. The minimum atomic E-state index is -2.29. The SMILES string of the molecule is CCOCC12CCC(CN(c3nc(OC[C@@]45CCCN4C[C@H](F)C5)nc4c(F)c(-c5cc(O)cc6ccc(F)c(C#C[Si](C(C)C)(C(C)C)C(C)C)c56)ncc34)C1)N2. The fourth-order valence-electron chi connectivity index (χ4n) is 11.1. The van der Waals surface area contributed by atoms with Crippen LogP contribution in [-0.4, -0.2) is 102 Å². The first-order valence-corrected chi connectivity index (χ1v) is 23.4. The number of benzene rings is 2. The summed E-state index contributed by atoms with van der Waals surface area (Å²) in [6, 6.07) is 6.09. The van der Waals surface area contributed by atoms with Crippen molar-refractivity contribution in [1.29, 1.82) is 0 Å². The van der Waals surface area contributed by atoms with Crippen LogP contribution in [-0.2, 0) is 4.74 Å². The topological polar surface area (TPSA) is 95.9 Å². The summed E-state index contributed by atoms with van der Waals surface area (Å²) in [5.41, 5.74) is 4.09. The van der Waals surface area contributed by atoms with Crippen molar-refractivity contribution in [2.75, 3.05) is 50.9 Å². The predicted octanol–water partition coefficient (Wildman–Crippen LogP) is 8.70. The van der Waals surface area contributed by atoms with Gasteiger partial charge in [-0.05, 0) is 79.4 Å². The van der Waals surface area contributed by atoms with E-state index in [1.54, 1.807) is 18.3 Å². The second-order valence-corrected chi connectivity index (χ2v) is 23.8. The molecule has 13 heteroatoms. The predicted molar refractivity (Wildman–Crippen MR) is 226 cm³/mol. The highest BCUT2D eigenvalue weighted by Crippen LogP contribution is 2.44. The zero-order valence-corrected chi connectivity index (χ0v) is 35.9. The summed E-state index contributed by atoms with van der Waals surface area (Å²) in [5.74, 6) is 2.40. The molecule has 4 saturated heterocycles. The first-order chi connectivity index (χ1) is 27.7. The molecule has 2 aromatic heterocycles. The molecule has 0 saturated carbocycles. The molecule has 4 aromatic rings. The molecule has 2 aromatic carbocycles. The number of nitrogens with zero attached hydrogens (tertiary/aromatic N) is 5. The second-order valence-electron chi connectivity index (χ2n) is 18.2. The highest BCUT2D eigenvalue weighted by Gasteiger charge is 2.50. The second kappa shape index (κ2) is 15.6. The van der Waals surface area contributed by atoms with Crippen LogP contribution >= 0.6 is 0 Å². The fraction of sp³-hybridized carbons (Fsp3) is 0.578. The summed E-state index contributed by atoms with van der Waals surface area (Å²) in [6.07, 6.45) is 4.67. The Morgan fingerprint density at radius 3 is 2.55 bits per heavy atom. The third-order valence-corrected chi connectivity index (χ3v) is 20.0. The van der Waals surface area contributed by atoms with Crippen LogP contribution in [0.5, 0.6) is 11.8 Å². The van der Waals surface area contributed by atoms with Crippen molar-refractivity contribution in [1.82, 2.24) is 25.2 Å². The molecule has 4 aliphatic rings. The summed E-state index contributed by atoms with van der Waals surface area (Å²) in [5, 5.41) is 16.1. The number of hydrogen-bond acceptors (Lipinski definition) is 9. The van der Waals surface area contributed by atoms with Gasteiger partial charge in [-0.2, -0.15) is 9.97 Å². The van der Waals surface area contributed by atoms with E-state index < -0.39 is 31.4 Å². The molecule has 310 valence electrons. The van der Waals surface area contributed by atoms with E-state index in [0.717, 1.165) is 32.2 Å². The number of ether oxygens (including phenoxy) is 2. The van der Waals surface area contributed by atoms with Gasteiger partial charge in [-0.1, -0.05) is 53.5 Å². The molecule has 0 aliphatic carbocycles. The molecule has 2 unspecified atom stereocenters. The molecule has 58 heavy (non-hydrogen) atoms. The van der Waals surface area contributed by atoms with Gasteiger partial charge in [0, 0.05) is 55.9 Å². The van der Waals surface area contributed by atoms with Crippen molar-refractivity contribution in [3.63, 3.8) is 0 Å². The van der Waals surface area contributed by atoms with Gasteiger partial charge in [-0.3, -0.25) is 9.88 Å². The van der Waals surface area contributed by atoms with Gasteiger partial charge in [0.1, 0.15) is 49.4 Å². The largest absolute Gasteiger partial charge is 0.508 e. The van der Waals surface area contributed by atoms with Gasteiger partial charge in [0.25, 0.3) is 0 Å². The van der Waals surface area contributed by atoms with Gasteiger partial charge in [0.2, 0.25) is 0 Å². The number of rotatable bonds is 11. The van der Waals surface area contributed by atoms with E-state index in [1.807, 2.05) is 6.92 Å². The van der Waals surface area contributed by atoms with E-state index in [0.29, 0.717) is 77.9 Å². The van der Waals surface area contributed by atoms with E-state index in [9.17, 15) is 9.50 Å². The number of hydrogen-bond donors (Lipinski definition) is 2. The fourth-order valence-corrected chi connectivity index (χ4v) is 16.3. The standard InChI is InChI=1S/C45H57F3N6O3Si/c1-8-56-25-44-15-12-32(52-44)23-53(24-44)42-36-21-49-40(39(48)41(36)50-43(51-42)57-26-45-14-9-16-54(45)22-31(46)20-45)35-19-33(55)18-30-10-11-37(47)34(38(30)35)13-17-58(27(2)3,28(4)5)29(6)7/h10-11,18-19,21,27-29,31-32,52,55H,8-9,12,14-16,20,22-26H2,1-7H3/t31-,32?,44?,45+/m1/s1. The minimum Gasteiger partial charge on any atom is -0.508 e. The number of piperazine rings is 1. The van der Waals surface area contributed by atoms with Gasteiger partial charge in [-0.15, -0.1) is 5.54 Å². The van der Waals surface area contributed by atoms with Crippen molar-refractivity contribution >= 4 is 35.6 Å². The molecular weight excluding hydrogens is 758 g/mol. The minimum absolute atomic E-state index is 0.00235. The Kier molecular flexibility index (Phi) is 11.0. The van der Waals surface area contributed by atoms with Crippen LogP contribution in [0, 0.1) is 23.1 Å². The van der Waals surface area contributed by atoms with Crippen LogP contribution in [0.15, 0.2) is 30.5 Å². The lowest BCUT2D eigenvalue weighted by atomic mass is 9.95. The lowest BCUT2D eigenvalue weighted by Crippen LogP contribution is -2.62. The molecule has 8 rings (SSSR count). The van der Waals surface area contributed by atoms with E-state index >= 15 is 8.78 Å². The number of halogens is 3. The van der Waals surface area contributed by atoms with Gasteiger partial charge >= 0.3 is 6.01 Å². The van der Waals surface area contributed by atoms with Crippen LogP contribution in [0.2, 0.25) is 16.6 Å². The lowest BCUT2D eigenvalue weighted by Gasteiger charge is -2.42. The zero-order valence-electron chi connectivity index (χ0n) is 34.9. The number of phenols is 1. The van der Waals surface area contributed by atoms with Crippen LogP contribution in [0.3, 0.4) is 0 Å². The van der Waals surface area contributed by atoms with Gasteiger partial charge in [-0.25, -0.2) is 13.2 Å². The number of fused-ring (bicyclic) bond motifs is 5. The Hall–Kier alpha value is -3.96. The smallest absolute Gasteiger partial charge is 0.319 e. The number of aromatic nitrogens is 3. The van der Waals surface area contributed by atoms with Gasteiger partial charge in [0.05, 0.1) is 28.6 Å². The van der Waals surface area contributed by atoms with E-state index in [4.69, 9.17) is 24.4 Å². The molecule has 4 atom stereocenters. The van der Waals surface area contributed by atoms with Crippen molar-refractivity contribution in [3.05, 3.63) is 47.7 Å². The quantitative estimate of drug-likeness (QED) is 0.114. The third kappa shape index (κ3) is 7.01. The third-order valence-electron chi connectivity index (χ3n) is 13.7. The maximum Gasteiger partial charge on any atom is 0.319 e. The summed E-state index contributed by atoms with van der Waals surface area (Å²) < 4.78 is 60.8. The molecule has 0 radical (unpaired) electrons. The van der Waals surface area contributed by atoms with Crippen LogP contribution < -0.4 is 15.0 Å². The number of nitrogens with one attached hydrogen (secondary N) is 1. The lowest BCUT2D eigenvalue weighted by molar-refractivity contribution is 0.0807. The number of alkyl halides is 1. The van der Waals surface area contributed by atoms with E-state index in [1.165, 1.54) is 12.1 Å². The molecule has 4 aliphatic heterocycles. The first-order valence-electron chi connectivity index (χ1n) is 21.2. The normalized spacial score (nSPS) is 24.7. The summed E-state index contributed by atoms with van der Waals surface area (Å²) in [6.45, 7) is 18.9. The Labute approximate surface area is 341 Å². The van der Waals surface area contributed by atoms with E-state index in [-0.39, 0.29) is 52.3 Å². The van der Waals surface area contributed by atoms with Crippen molar-refractivity contribution < 1.29 is 27.8 Å². The number of aromatic hydroxyl groups is 1. The molecule has 6 heterocycles. The maximum absolute atomic E-state index is 17.6. The maximum atomic E-state index is 17.6. The van der Waals surface area contributed by atoms with Crippen molar-refractivity contribution in [3.8, 4) is 34.5 Å². The Balaban J connectivity index is 1.29. The highest BCUT2D eigenvalue weighted by atomic mass is 28.3. The Bertz CT molecular complexity index is 2260.